The lowest BCUT2D eigenvalue weighted by molar-refractivity contribution is -0.128. The van der Waals surface area contributed by atoms with E-state index in [0.29, 0.717) is 5.75 Å². The van der Waals surface area contributed by atoms with Gasteiger partial charge in [0.05, 0.1) is 11.0 Å². The highest BCUT2D eigenvalue weighted by atomic mass is 32.2. The van der Waals surface area contributed by atoms with E-state index >= 15 is 0 Å². The molecule has 1 atom stereocenters. The maximum absolute atomic E-state index is 12.6. The van der Waals surface area contributed by atoms with Crippen LogP contribution in [-0.2, 0) is 16.0 Å². The van der Waals surface area contributed by atoms with E-state index < -0.39 is 0 Å². The van der Waals surface area contributed by atoms with E-state index in [2.05, 4.69) is 28.4 Å². The zero-order valence-electron chi connectivity index (χ0n) is 15.8. The van der Waals surface area contributed by atoms with Crippen LogP contribution < -0.4 is 10.2 Å². The van der Waals surface area contributed by atoms with Crippen LogP contribution in [-0.4, -0.2) is 53.9 Å². The van der Waals surface area contributed by atoms with Crippen molar-refractivity contribution >= 4 is 35.0 Å². The number of aryl methyl sites for hydroxylation is 1. The third kappa shape index (κ3) is 4.33. The number of carbonyl (C=O) groups is 2. The second-order valence-corrected chi connectivity index (χ2v) is 8.38. The standard InChI is InChI=1S/C22H25N3O2S/c26-21(25-14-12-24(13-15-25)18-7-2-1-3-8-18)16-28-20-11-10-17-6-4-5-9-19(17)23-22(20)27/h1-9,20H,10-16H2,(H,23,27). The fourth-order valence-corrected chi connectivity index (χ4v) is 4.79. The summed E-state index contributed by atoms with van der Waals surface area (Å²) in [4.78, 5) is 29.4. The summed E-state index contributed by atoms with van der Waals surface area (Å²) in [6.45, 7) is 3.16. The minimum absolute atomic E-state index is 0.0108. The van der Waals surface area contributed by atoms with Crippen molar-refractivity contribution in [2.24, 2.45) is 0 Å². The number of rotatable bonds is 4. The zero-order chi connectivity index (χ0) is 19.3. The normalized spacial score (nSPS) is 19.6. The molecule has 2 amide bonds. The van der Waals surface area contributed by atoms with Gasteiger partial charge in [-0.25, -0.2) is 0 Å². The number of carbonyl (C=O) groups excluding carboxylic acids is 2. The third-order valence-electron chi connectivity index (χ3n) is 5.41. The summed E-state index contributed by atoms with van der Waals surface area (Å²) < 4.78 is 0. The van der Waals surface area contributed by atoms with E-state index in [1.54, 1.807) is 0 Å². The fraction of sp³-hybridized carbons (Fsp3) is 0.364. The number of benzene rings is 2. The Morgan fingerprint density at radius 1 is 1.00 bits per heavy atom. The molecular weight excluding hydrogens is 370 g/mol. The van der Waals surface area contributed by atoms with Crippen molar-refractivity contribution in [3.63, 3.8) is 0 Å². The first kappa shape index (κ1) is 18.9. The maximum atomic E-state index is 12.6. The molecule has 1 N–H and O–H groups in total. The van der Waals surface area contributed by atoms with Gasteiger partial charge in [0.15, 0.2) is 0 Å². The molecule has 2 aromatic carbocycles. The molecule has 0 aromatic heterocycles. The van der Waals surface area contributed by atoms with Crippen LogP contribution >= 0.6 is 11.8 Å². The van der Waals surface area contributed by atoms with Gasteiger partial charge in [-0.1, -0.05) is 36.4 Å². The molecule has 1 saturated heterocycles. The maximum Gasteiger partial charge on any atom is 0.237 e. The molecule has 6 heteroatoms. The van der Waals surface area contributed by atoms with Crippen molar-refractivity contribution in [1.82, 2.24) is 4.90 Å². The van der Waals surface area contributed by atoms with E-state index in [-0.39, 0.29) is 17.1 Å². The highest BCUT2D eigenvalue weighted by Gasteiger charge is 2.27. The molecule has 5 nitrogen and oxygen atoms in total. The van der Waals surface area contributed by atoms with Crippen LogP contribution in [0.3, 0.4) is 0 Å². The number of nitrogens with one attached hydrogen (secondary N) is 1. The monoisotopic (exact) mass is 395 g/mol. The quantitative estimate of drug-likeness (QED) is 0.865. The van der Waals surface area contributed by atoms with Gasteiger partial charge < -0.3 is 15.1 Å². The first-order valence-corrected chi connectivity index (χ1v) is 10.8. The number of thioether (sulfide) groups is 1. The molecule has 0 aliphatic carbocycles. The van der Waals surface area contributed by atoms with Crippen molar-refractivity contribution in [1.29, 1.82) is 0 Å². The highest BCUT2D eigenvalue weighted by Crippen LogP contribution is 2.27. The van der Waals surface area contributed by atoms with Gasteiger partial charge >= 0.3 is 0 Å². The Labute approximate surface area is 170 Å². The Bertz CT molecular complexity index is 835. The number of amides is 2. The fourth-order valence-electron chi connectivity index (χ4n) is 3.77. The van der Waals surface area contributed by atoms with Crippen molar-refractivity contribution in [3.05, 3.63) is 60.2 Å². The Morgan fingerprint density at radius 3 is 2.50 bits per heavy atom. The molecule has 1 unspecified atom stereocenters. The number of anilines is 2. The Balaban J connectivity index is 1.26. The van der Waals surface area contributed by atoms with Gasteiger partial charge in [0.25, 0.3) is 0 Å². The highest BCUT2D eigenvalue weighted by molar-refractivity contribution is 8.01. The van der Waals surface area contributed by atoms with Gasteiger partial charge in [0, 0.05) is 37.6 Å². The van der Waals surface area contributed by atoms with Crippen LogP contribution in [0.2, 0.25) is 0 Å². The van der Waals surface area contributed by atoms with Gasteiger partial charge in [0.1, 0.15) is 0 Å². The van der Waals surface area contributed by atoms with Crippen molar-refractivity contribution in [2.75, 3.05) is 42.1 Å². The molecular formula is C22H25N3O2S. The number of piperazine rings is 1. The summed E-state index contributed by atoms with van der Waals surface area (Å²) in [5, 5.41) is 2.83. The third-order valence-corrected chi connectivity index (χ3v) is 6.67. The van der Waals surface area contributed by atoms with Crippen LogP contribution in [0.4, 0.5) is 11.4 Å². The van der Waals surface area contributed by atoms with Gasteiger partial charge in [-0.05, 0) is 36.6 Å². The van der Waals surface area contributed by atoms with Crippen LogP contribution in [0.1, 0.15) is 12.0 Å². The van der Waals surface area contributed by atoms with Gasteiger partial charge in [0.2, 0.25) is 11.8 Å². The summed E-state index contributed by atoms with van der Waals surface area (Å²) >= 11 is 1.47. The average Bonchev–Trinajstić information content (AvgIpc) is 2.91. The Hall–Kier alpha value is -2.47. The van der Waals surface area contributed by atoms with Crippen molar-refractivity contribution < 1.29 is 9.59 Å². The second kappa shape index (κ2) is 8.69. The minimum Gasteiger partial charge on any atom is -0.368 e. The number of nitrogens with zero attached hydrogens (tertiary/aromatic N) is 2. The smallest absolute Gasteiger partial charge is 0.237 e. The minimum atomic E-state index is -0.179. The van der Waals surface area contributed by atoms with Gasteiger partial charge in [-0.3, -0.25) is 9.59 Å². The molecule has 146 valence electrons. The molecule has 0 bridgehead atoms. The molecule has 0 saturated carbocycles. The molecule has 4 rings (SSSR count). The Kier molecular flexibility index (Phi) is 5.86. The number of hydrogen-bond acceptors (Lipinski definition) is 4. The van der Waals surface area contributed by atoms with E-state index in [4.69, 9.17) is 0 Å². The first-order chi connectivity index (χ1) is 13.7. The van der Waals surface area contributed by atoms with E-state index in [1.807, 2.05) is 41.3 Å². The molecule has 1 fully saturated rings. The lowest BCUT2D eigenvalue weighted by Gasteiger charge is -2.36. The van der Waals surface area contributed by atoms with Gasteiger partial charge in [-0.2, -0.15) is 0 Å². The van der Waals surface area contributed by atoms with Crippen LogP contribution in [0.5, 0.6) is 0 Å². The van der Waals surface area contributed by atoms with E-state index in [1.165, 1.54) is 23.0 Å². The lowest BCUT2D eigenvalue weighted by atomic mass is 10.1. The average molecular weight is 396 g/mol. The summed E-state index contributed by atoms with van der Waals surface area (Å²) in [6.07, 6.45) is 1.62. The first-order valence-electron chi connectivity index (χ1n) is 9.79. The summed E-state index contributed by atoms with van der Waals surface area (Å²) in [5.74, 6) is 0.503. The number of fused-ring (bicyclic) bond motifs is 1. The van der Waals surface area contributed by atoms with Crippen LogP contribution in [0.15, 0.2) is 54.6 Å². The zero-order valence-corrected chi connectivity index (χ0v) is 16.7. The SMILES string of the molecule is O=C1Nc2ccccc2CCC1SCC(=O)N1CCN(c2ccccc2)CC1. The van der Waals surface area contributed by atoms with Gasteiger partial charge in [-0.15, -0.1) is 11.8 Å². The predicted octanol–water partition coefficient (Wildman–Crippen LogP) is 3.02. The summed E-state index contributed by atoms with van der Waals surface area (Å²) in [7, 11) is 0. The molecule has 0 radical (unpaired) electrons. The van der Waals surface area contributed by atoms with Crippen molar-refractivity contribution in [3.8, 4) is 0 Å². The molecule has 2 aliphatic rings. The molecule has 28 heavy (non-hydrogen) atoms. The summed E-state index contributed by atoms with van der Waals surface area (Å²) in [5.41, 5.74) is 3.28. The predicted molar refractivity (Wildman–Crippen MR) is 115 cm³/mol. The molecule has 0 spiro atoms. The van der Waals surface area contributed by atoms with E-state index in [9.17, 15) is 9.59 Å². The lowest BCUT2D eigenvalue weighted by Crippen LogP contribution is -2.49. The molecule has 2 heterocycles. The summed E-state index contributed by atoms with van der Waals surface area (Å²) in [6, 6.07) is 18.2. The molecule has 2 aromatic rings. The number of hydrogen-bond donors (Lipinski definition) is 1. The Morgan fingerprint density at radius 2 is 1.71 bits per heavy atom. The van der Waals surface area contributed by atoms with E-state index in [0.717, 1.165) is 44.7 Å². The van der Waals surface area contributed by atoms with Crippen LogP contribution in [0, 0.1) is 0 Å². The topological polar surface area (TPSA) is 52.7 Å². The van der Waals surface area contributed by atoms with Crippen molar-refractivity contribution in [2.45, 2.75) is 18.1 Å². The largest absolute Gasteiger partial charge is 0.368 e. The van der Waals surface area contributed by atoms with Crippen LogP contribution in [0.25, 0.3) is 0 Å². The second-order valence-electron chi connectivity index (χ2n) is 7.19. The number of para-hydroxylation sites is 2. The molecule has 2 aliphatic heterocycles.